The average molecular weight is 331 g/mol. The molecular formula is C17H14FNO3S. The molecule has 0 fully saturated rings. The number of hydrogen-bond donors (Lipinski definition) is 0. The van der Waals surface area contributed by atoms with Crippen molar-refractivity contribution in [3.8, 4) is 0 Å². The van der Waals surface area contributed by atoms with E-state index < -0.39 is 15.7 Å². The van der Waals surface area contributed by atoms with Gasteiger partial charge in [0.05, 0.1) is 16.8 Å². The zero-order valence-corrected chi connectivity index (χ0v) is 13.2. The smallest absolute Gasteiger partial charge is 0.258 e. The standard InChI is InChI=1S/C17H14FNO3S/c1-23(21,22)15-6-2-12(3-7-15)11-19-9-8-13-4-5-14(18)10-16(13)17(19)20/h2-10H,11H2,1H3. The van der Waals surface area contributed by atoms with Crippen LogP contribution in [-0.4, -0.2) is 19.2 Å². The molecule has 6 heteroatoms. The number of nitrogens with zero attached hydrogens (tertiary/aromatic N) is 1. The highest BCUT2D eigenvalue weighted by atomic mass is 32.2. The van der Waals surface area contributed by atoms with E-state index in [0.29, 0.717) is 10.8 Å². The molecule has 2 aromatic carbocycles. The monoisotopic (exact) mass is 331 g/mol. The molecule has 3 aromatic rings. The normalized spacial score (nSPS) is 11.7. The van der Waals surface area contributed by atoms with Crippen LogP contribution >= 0.6 is 0 Å². The maximum atomic E-state index is 13.3. The first-order valence-electron chi connectivity index (χ1n) is 6.92. The van der Waals surface area contributed by atoms with E-state index in [1.165, 1.54) is 28.8 Å². The lowest BCUT2D eigenvalue weighted by atomic mass is 10.1. The number of aromatic nitrogens is 1. The highest BCUT2D eigenvalue weighted by molar-refractivity contribution is 7.90. The Hall–Kier alpha value is -2.47. The van der Waals surface area contributed by atoms with Gasteiger partial charge in [0.2, 0.25) is 0 Å². The van der Waals surface area contributed by atoms with E-state index in [4.69, 9.17) is 0 Å². The molecule has 0 radical (unpaired) electrons. The summed E-state index contributed by atoms with van der Waals surface area (Å²) in [5.74, 6) is -0.454. The SMILES string of the molecule is CS(=O)(=O)c1ccc(Cn2ccc3ccc(F)cc3c2=O)cc1. The Morgan fingerprint density at radius 1 is 1.04 bits per heavy atom. The molecule has 1 heterocycles. The molecule has 0 saturated carbocycles. The van der Waals surface area contributed by atoms with Gasteiger partial charge in [-0.15, -0.1) is 0 Å². The third-order valence-corrected chi connectivity index (χ3v) is 4.77. The van der Waals surface area contributed by atoms with Crippen LogP contribution in [0.5, 0.6) is 0 Å². The predicted octanol–water partition coefficient (Wildman–Crippen LogP) is 2.59. The summed E-state index contributed by atoms with van der Waals surface area (Å²) in [6.07, 6.45) is 2.79. The summed E-state index contributed by atoms with van der Waals surface area (Å²) in [6.45, 7) is 0.287. The fourth-order valence-corrected chi connectivity index (χ4v) is 3.05. The number of halogens is 1. The van der Waals surface area contributed by atoms with Gasteiger partial charge < -0.3 is 4.57 Å². The van der Waals surface area contributed by atoms with E-state index in [1.54, 1.807) is 30.5 Å². The van der Waals surface area contributed by atoms with Crippen LogP contribution in [0.3, 0.4) is 0 Å². The molecule has 4 nitrogen and oxygen atoms in total. The second kappa shape index (κ2) is 5.62. The molecule has 0 aliphatic rings. The van der Waals surface area contributed by atoms with E-state index >= 15 is 0 Å². The molecule has 0 aliphatic carbocycles. The van der Waals surface area contributed by atoms with Gasteiger partial charge in [0.15, 0.2) is 9.84 Å². The molecule has 0 bridgehead atoms. The van der Waals surface area contributed by atoms with Crippen molar-refractivity contribution in [3.05, 3.63) is 76.5 Å². The molecule has 0 aliphatic heterocycles. The minimum atomic E-state index is -3.24. The van der Waals surface area contributed by atoms with E-state index in [1.807, 2.05) is 0 Å². The quantitative estimate of drug-likeness (QED) is 0.741. The maximum absolute atomic E-state index is 13.3. The number of sulfone groups is 1. The minimum absolute atomic E-state index is 0.231. The summed E-state index contributed by atoms with van der Waals surface area (Å²) in [5, 5.41) is 1.00. The second-order valence-electron chi connectivity index (χ2n) is 5.40. The Morgan fingerprint density at radius 2 is 1.74 bits per heavy atom. The molecule has 3 rings (SSSR count). The van der Waals surface area contributed by atoms with Crippen LogP contribution in [0.2, 0.25) is 0 Å². The molecule has 118 valence electrons. The van der Waals surface area contributed by atoms with Crippen LogP contribution in [0.25, 0.3) is 10.8 Å². The Labute approximate surface area is 132 Å². The number of pyridine rings is 1. The van der Waals surface area contributed by atoms with E-state index in [2.05, 4.69) is 0 Å². The van der Waals surface area contributed by atoms with Gasteiger partial charge in [-0.25, -0.2) is 12.8 Å². The van der Waals surface area contributed by atoms with E-state index in [-0.39, 0.29) is 17.0 Å². The Balaban J connectivity index is 1.98. The number of rotatable bonds is 3. The number of benzene rings is 2. The molecular weight excluding hydrogens is 317 g/mol. The van der Waals surface area contributed by atoms with E-state index in [9.17, 15) is 17.6 Å². The van der Waals surface area contributed by atoms with Crippen molar-refractivity contribution in [2.45, 2.75) is 11.4 Å². The molecule has 23 heavy (non-hydrogen) atoms. The van der Waals surface area contributed by atoms with Gasteiger partial charge in [-0.3, -0.25) is 4.79 Å². The average Bonchev–Trinajstić information content (AvgIpc) is 2.50. The third-order valence-electron chi connectivity index (χ3n) is 3.65. The first-order chi connectivity index (χ1) is 10.8. The van der Waals surface area contributed by atoms with Crippen molar-refractivity contribution in [3.63, 3.8) is 0 Å². The minimum Gasteiger partial charge on any atom is -0.311 e. The van der Waals surface area contributed by atoms with Gasteiger partial charge in [-0.2, -0.15) is 0 Å². The van der Waals surface area contributed by atoms with Crippen LogP contribution in [0.4, 0.5) is 4.39 Å². The van der Waals surface area contributed by atoms with Crippen LogP contribution in [0, 0.1) is 5.82 Å². The van der Waals surface area contributed by atoms with Gasteiger partial charge in [-0.1, -0.05) is 18.2 Å². The highest BCUT2D eigenvalue weighted by Gasteiger charge is 2.08. The van der Waals surface area contributed by atoms with Gasteiger partial charge >= 0.3 is 0 Å². The molecule has 1 aromatic heterocycles. The van der Waals surface area contributed by atoms with Gasteiger partial charge in [0.25, 0.3) is 5.56 Å². The summed E-state index contributed by atoms with van der Waals surface area (Å²) in [6, 6.07) is 12.2. The van der Waals surface area contributed by atoms with Gasteiger partial charge in [-0.05, 0) is 41.3 Å². The summed E-state index contributed by atoms with van der Waals surface area (Å²) in [7, 11) is -3.24. The van der Waals surface area contributed by atoms with Crippen molar-refractivity contribution in [1.82, 2.24) is 4.57 Å². The Bertz CT molecular complexity index is 1040. The number of fused-ring (bicyclic) bond motifs is 1. The van der Waals surface area contributed by atoms with Crippen molar-refractivity contribution in [2.75, 3.05) is 6.26 Å². The first-order valence-corrected chi connectivity index (χ1v) is 8.81. The largest absolute Gasteiger partial charge is 0.311 e. The lowest BCUT2D eigenvalue weighted by Gasteiger charge is -2.08. The summed E-state index contributed by atoms with van der Waals surface area (Å²) >= 11 is 0. The molecule has 0 amide bonds. The lowest BCUT2D eigenvalue weighted by Crippen LogP contribution is -2.20. The van der Waals surface area contributed by atoms with Crippen molar-refractivity contribution < 1.29 is 12.8 Å². The molecule has 0 unspecified atom stereocenters. The summed E-state index contributed by atoms with van der Waals surface area (Å²) in [4.78, 5) is 12.6. The molecule has 0 N–H and O–H groups in total. The summed E-state index contributed by atoms with van der Waals surface area (Å²) < 4.78 is 37.7. The zero-order chi connectivity index (χ0) is 16.6. The first kappa shape index (κ1) is 15.4. The molecule has 0 saturated heterocycles. The highest BCUT2D eigenvalue weighted by Crippen LogP contribution is 2.13. The van der Waals surface area contributed by atoms with Crippen LogP contribution < -0.4 is 5.56 Å². The third kappa shape index (κ3) is 3.17. The maximum Gasteiger partial charge on any atom is 0.258 e. The topological polar surface area (TPSA) is 56.1 Å². The van der Waals surface area contributed by atoms with Gasteiger partial charge in [0, 0.05) is 12.5 Å². The van der Waals surface area contributed by atoms with Crippen molar-refractivity contribution in [2.24, 2.45) is 0 Å². The Kier molecular flexibility index (Phi) is 3.77. The summed E-state index contributed by atoms with van der Waals surface area (Å²) in [5.41, 5.74) is 0.504. The zero-order valence-electron chi connectivity index (χ0n) is 12.4. The molecule has 0 atom stereocenters. The lowest BCUT2D eigenvalue weighted by molar-refractivity contribution is 0.602. The van der Waals surface area contributed by atoms with Crippen LogP contribution in [0.1, 0.15) is 5.56 Å². The van der Waals surface area contributed by atoms with Crippen LogP contribution in [0.15, 0.2) is 64.4 Å². The van der Waals surface area contributed by atoms with Gasteiger partial charge in [0.1, 0.15) is 5.82 Å². The Morgan fingerprint density at radius 3 is 2.39 bits per heavy atom. The molecule has 0 spiro atoms. The van der Waals surface area contributed by atoms with Crippen molar-refractivity contribution >= 4 is 20.6 Å². The predicted molar refractivity (Wildman–Crippen MR) is 86.8 cm³/mol. The second-order valence-corrected chi connectivity index (χ2v) is 7.41. The fourth-order valence-electron chi connectivity index (χ4n) is 2.41. The van der Waals surface area contributed by atoms with Crippen molar-refractivity contribution in [1.29, 1.82) is 0 Å². The number of hydrogen-bond acceptors (Lipinski definition) is 3. The van der Waals surface area contributed by atoms with Crippen LogP contribution in [-0.2, 0) is 16.4 Å². The van der Waals surface area contributed by atoms with E-state index in [0.717, 1.165) is 11.8 Å². The fraction of sp³-hybridized carbons (Fsp3) is 0.118.